The molecular formula is C15H18ClNO5. The Morgan fingerprint density at radius 2 is 2.05 bits per heavy atom. The van der Waals surface area contributed by atoms with Crippen LogP contribution >= 0.6 is 11.6 Å². The molecule has 6 nitrogen and oxygen atoms in total. The second-order valence-corrected chi connectivity index (χ2v) is 4.99. The lowest BCUT2D eigenvalue weighted by atomic mass is 9.90. The van der Waals surface area contributed by atoms with Gasteiger partial charge in [-0.15, -0.1) is 0 Å². The number of carbonyl (C=O) groups is 3. The highest BCUT2D eigenvalue weighted by molar-refractivity contribution is 6.31. The number of aromatic nitrogens is 1. The first-order valence-corrected chi connectivity index (χ1v) is 7.19. The van der Waals surface area contributed by atoms with Gasteiger partial charge in [0.1, 0.15) is 6.61 Å². The van der Waals surface area contributed by atoms with Gasteiger partial charge in [-0.05, 0) is 19.4 Å². The van der Waals surface area contributed by atoms with Crippen molar-refractivity contribution in [3.8, 4) is 0 Å². The topological polar surface area (TPSA) is 82.6 Å². The molecule has 0 aromatic carbocycles. The minimum Gasteiger partial charge on any atom is -0.466 e. The maximum Gasteiger partial charge on any atom is 0.305 e. The lowest BCUT2D eigenvalue weighted by Crippen LogP contribution is -2.28. The van der Waals surface area contributed by atoms with Crippen LogP contribution in [0.5, 0.6) is 0 Å². The van der Waals surface area contributed by atoms with E-state index in [9.17, 15) is 14.4 Å². The molecule has 1 aromatic rings. The smallest absolute Gasteiger partial charge is 0.305 e. The van der Waals surface area contributed by atoms with Gasteiger partial charge in [-0.1, -0.05) is 11.6 Å². The van der Waals surface area contributed by atoms with Gasteiger partial charge in [-0.25, -0.2) is 0 Å². The van der Waals surface area contributed by atoms with Gasteiger partial charge >= 0.3 is 5.97 Å². The minimum absolute atomic E-state index is 0.0201. The van der Waals surface area contributed by atoms with Crippen LogP contribution in [0.15, 0.2) is 18.5 Å². The van der Waals surface area contributed by atoms with Crippen molar-refractivity contribution < 1.29 is 23.9 Å². The molecule has 0 aliphatic carbocycles. The van der Waals surface area contributed by atoms with Crippen molar-refractivity contribution in [3.63, 3.8) is 0 Å². The van der Waals surface area contributed by atoms with Crippen LogP contribution in [0.3, 0.4) is 0 Å². The number of hydrogen-bond acceptors (Lipinski definition) is 6. The van der Waals surface area contributed by atoms with E-state index in [0.29, 0.717) is 5.02 Å². The summed E-state index contributed by atoms with van der Waals surface area (Å²) in [6, 6.07) is 1.44. The maximum atomic E-state index is 12.5. The van der Waals surface area contributed by atoms with Gasteiger partial charge in [0, 0.05) is 31.5 Å². The van der Waals surface area contributed by atoms with Gasteiger partial charge in [-0.2, -0.15) is 0 Å². The van der Waals surface area contributed by atoms with Crippen LogP contribution < -0.4 is 0 Å². The maximum absolute atomic E-state index is 12.5. The highest BCUT2D eigenvalue weighted by Crippen LogP contribution is 2.18. The number of ether oxygens (including phenoxy) is 2. The summed E-state index contributed by atoms with van der Waals surface area (Å²) in [5, 5.41) is 0.300. The summed E-state index contributed by atoms with van der Waals surface area (Å²) in [5.74, 6) is -2.25. The molecule has 0 saturated heterocycles. The highest BCUT2D eigenvalue weighted by atomic mass is 35.5. The van der Waals surface area contributed by atoms with Crippen LogP contribution in [0.1, 0.15) is 30.1 Å². The molecule has 1 heterocycles. The molecule has 120 valence electrons. The lowest BCUT2D eigenvalue weighted by molar-refractivity contribution is -0.143. The van der Waals surface area contributed by atoms with E-state index in [1.54, 1.807) is 6.92 Å². The van der Waals surface area contributed by atoms with Crippen molar-refractivity contribution in [3.05, 3.63) is 29.0 Å². The lowest BCUT2D eigenvalue weighted by Gasteiger charge is -2.14. The molecular weight excluding hydrogens is 310 g/mol. The van der Waals surface area contributed by atoms with Crippen LogP contribution in [0.25, 0.3) is 0 Å². The Morgan fingerprint density at radius 3 is 2.64 bits per heavy atom. The second-order valence-electron chi connectivity index (χ2n) is 4.55. The summed E-state index contributed by atoms with van der Waals surface area (Å²) in [6.07, 6.45) is 2.77. The van der Waals surface area contributed by atoms with Crippen LogP contribution in [0.2, 0.25) is 5.02 Å². The number of Topliss-reactive ketones (excluding diaryl/α,β-unsaturated/α-hetero) is 2. The number of hydrogen-bond donors (Lipinski definition) is 0. The summed E-state index contributed by atoms with van der Waals surface area (Å²) >= 11 is 5.80. The fourth-order valence-electron chi connectivity index (χ4n) is 1.92. The molecule has 0 aliphatic heterocycles. The standard InChI is InChI=1S/C15H18ClNO5/c1-3-22-14(19)5-4-12(13(18)9-21-2)15(20)10-6-11(16)8-17-7-10/h6-8,12H,3-5,9H2,1-2H3. The molecule has 0 amide bonds. The molecule has 0 bridgehead atoms. The Morgan fingerprint density at radius 1 is 1.32 bits per heavy atom. The minimum atomic E-state index is -0.982. The summed E-state index contributed by atoms with van der Waals surface area (Å²) in [5.41, 5.74) is 0.228. The molecule has 1 rings (SSSR count). The second kappa shape index (κ2) is 9.27. The molecule has 1 aromatic heterocycles. The third-order valence-corrected chi connectivity index (χ3v) is 3.13. The molecule has 1 unspecified atom stereocenters. The number of halogens is 1. The number of methoxy groups -OCH3 is 1. The number of ketones is 2. The largest absolute Gasteiger partial charge is 0.466 e. The van der Waals surface area contributed by atoms with E-state index in [2.05, 4.69) is 4.98 Å². The Balaban J connectivity index is 2.87. The number of rotatable bonds is 9. The number of carbonyl (C=O) groups excluding carboxylic acids is 3. The first kappa shape index (κ1) is 18.3. The van der Waals surface area contributed by atoms with Crippen LogP contribution in [-0.4, -0.2) is 42.8 Å². The van der Waals surface area contributed by atoms with Gasteiger partial charge in [0.05, 0.1) is 17.5 Å². The fraction of sp³-hybridized carbons (Fsp3) is 0.467. The SMILES string of the molecule is CCOC(=O)CCC(C(=O)COC)C(=O)c1cncc(Cl)c1. The van der Waals surface area contributed by atoms with E-state index in [1.807, 2.05) is 0 Å². The summed E-state index contributed by atoms with van der Waals surface area (Å²) in [6.45, 7) is 1.74. The third kappa shape index (κ3) is 5.54. The monoisotopic (exact) mass is 327 g/mol. The number of esters is 1. The molecule has 0 fully saturated rings. The van der Waals surface area contributed by atoms with Crippen molar-refractivity contribution in [1.29, 1.82) is 0 Å². The molecule has 0 N–H and O–H groups in total. The zero-order valence-corrected chi connectivity index (χ0v) is 13.3. The van der Waals surface area contributed by atoms with Crippen LogP contribution in [0, 0.1) is 5.92 Å². The Bertz CT molecular complexity index is 546. The Hall–Kier alpha value is -1.79. The summed E-state index contributed by atoms with van der Waals surface area (Å²) in [7, 11) is 1.37. The Kier molecular flexibility index (Phi) is 7.70. The number of nitrogens with zero attached hydrogens (tertiary/aromatic N) is 1. The van der Waals surface area contributed by atoms with Gasteiger partial charge in [-0.3, -0.25) is 19.4 Å². The van der Waals surface area contributed by atoms with E-state index in [-0.39, 0.29) is 31.6 Å². The average molecular weight is 328 g/mol. The fourth-order valence-corrected chi connectivity index (χ4v) is 2.10. The predicted molar refractivity (Wildman–Crippen MR) is 79.8 cm³/mol. The zero-order chi connectivity index (χ0) is 16.5. The van der Waals surface area contributed by atoms with Crippen LogP contribution in [-0.2, 0) is 19.1 Å². The van der Waals surface area contributed by atoms with E-state index in [1.165, 1.54) is 25.6 Å². The first-order valence-electron chi connectivity index (χ1n) is 6.81. The van der Waals surface area contributed by atoms with Crippen molar-refractivity contribution >= 4 is 29.1 Å². The third-order valence-electron chi connectivity index (χ3n) is 2.92. The molecule has 22 heavy (non-hydrogen) atoms. The first-order chi connectivity index (χ1) is 10.5. The quantitative estimate of drug-likeness (QED) is 0.392. The molecule has 0 spiro atoms. The van der Waals surface area contributed by atoms with Crippen molar-refractivity contribution in [2.24, 2.45) is 5.92 Å². The van der Waals surface area contributed by atoms with Gasteiger partial charge < -0.3 is 9.47 Å². The van der Waals surface area contributed by atoms with Crippen molar-refractivity contribution in [1.82, 2.24) is 4.98 Å². The van der Waals surface area contributed by atoms with Gasteiger partial charge in [0.15, 0.2) is 11.6 Å². The predicted octanol–water partition coefficient (Wildman–Crippen LogP) is 2.09. The molecule has 0 aliphatic rings. The van der Waals surface area contributed by atoms with Gasteiger partial charge in [0.25, 0.3) is 0 Å². The molecule has 7 heteroatoms. The Labute approximate surface area is 133 Å². The summed E-state index contributed by atoms with van der Waals surface area (Å²) in [4.78, 5) is 39.8. The zero-order valence-electron chi connectivity index (χ0n) is 12.5. The van der Waals surface area contributed by atoms with E-state index < -0.39 is 23.5 Å². The van der Waals surface area contributed by atoms with Gasteiger partial charge in [0.2, 0.25) is 0 Å². The normalized spacial score (nSPS) is 11.8. The summed E-state index contributed by atoms with van der Waals surface area (Å²) < 4.78 is 9.60. The van der Waals surface area contributed by atoms with E-state index in [0.717, 1.165) is 0 Å². The molecule has 1 atom stereocenters. The van der Waals surface area contributed by atoms with Crippen LogP contribution in [0.4, 0.5) is 0 Å². The average Bonchev–Trinajstić information content (AvgIpc) is 2.47. The molecule has 0 saturated carbocycles. The van der Waals surface area contributed by atoms with Crippen molar-refractivity contribution in [2.75, 3.05) is 20.3 Å². The van der Waals surface area contributed by atoms with E-state index in [4.69, 9.17) is 21.1 Å². The number of pyridine rings is 1. The highest BCUT2D eigenvalue weighted by Gasteiger charge is 2.28. The van der Waals surface area contributed by atoms with Crippen molar-refractivity contribution in [2.45, 2.75) is 19.8 Å². The molecule has 0 radical (unpaired) electrons. The van der Waals surface area contributed by atoms with E-state index >= 15 is 0 Å².